The molecule has 0 radical (unpaired) electrons. The molecule has 10 aromatic rings. The van der Waals surface area contributed by atoms with Gasteiger partial charge in [-0.15, -0.1) is 0 Å². The van der Waals surface area contributed by atoms with Crippen molar-refractivity contribution in [2.75, 3.05) is 0 Å². The van der Waals surface area contributed by atoms with E-state index >= 15 is 0 Å². The summed E-state index contributed by atoms with van der Waals surface area (Å²) in [6.45, 7) is 0. The van der Waals surface area contributed by atoms with Gasteiger partial charge in [0.1, 0.15) is 0 Å². The lowest BCUT2D eigenvalue weighted by Gasteiger charge is -2.12. The average Bonchev–Trinajstić information content (AvgIpc) is 3.26. The molecule has 0 bridgehead atoms. The molecule has 0 amide bonds. The Kier molecular flexibility index (Phi) is 7.77. The van der Waals surface area contributed by atoms with E-state index in [1.807, 2.05) is 24.4 Å². The van der Waals surface area contributed by atoms with Gasteiger partial charge < -0.3 is 0 Å². The number of hydrogen-bond donors (Lipinski definition) is 0. The second-order valence-corrected chi connectivity index (χ2v) is 13.5. The van der Waals surface area contributed by atoms with Crippen LogP contribution in [0.1, 0.15) is 0 Å². The monoisotopic (exact) mass is 688 g/mol. The number of hydrogen-bond acceptors (Lipinski definition) is 4. The number of rotatable bonds is 4. The third-order valence-corrected chi connectivity index (χ3v) is 10.3. The van der Waals surface area contributed by atoms with Gasteiger partial charge in [-0.05, 0) is 95.3 Å². The van der Waals surface area contributed by atoms with Crippen LogP contribution in [0.2, 0.25) is 0 Å². The fourth-order valence-corrected chi connectivity index (χ4v) is 7.71. The average molecular weight is 689 g/mol. The van der Waals surface area contributed by atoms with Gasteiger partial charge in [0.2, 0.25) is 0 Å². The Bertz CT molecular complexity index is 3010. The molecule has 3 heterocycles. The summed E-state index contributed by atoms with van der Waals surface area (Å²) in [6, 6.07) is 60.4. The second kappa shape index (κ2) is 13.4. The Morgan fingerprint density at radius 2 is 0.704 bits per heavy atom. The van der Waals surface area contributed by atoms with E-state index in [2.05, 4.69) is 162 Å². The summed E-state index contributed by atoms with van der Waals surface area (Å²) >= 11 is 0. The molecule has 0 saturated heterocycles. The minimum atomic E-state index is 0.661. The zero-order chi connectivity index (χ0) is 35.8. The number of pyridine rings is 2. The predicted molar refractivity (Wildman–Crippen MR) is 225 cm³/mol. The molecule has 0 unspecified atom stereocenters. The molecule has 4 nitrogen and oxygen atoms in total. The van der Waals surface area contributed by atoms with Crippen molar-refractivity contribution < 1.29 is 0 Å². The first-order valence-electron chi connectivity index (χ1n) is 18.1. The molecule has 0 aliphatic carbocycles. The van der Waals surface area contributed by atoms with Gasteiger partial charge in [-0.25, -0.2) is 9.97 Å². The molecule has 10 rings (SSSR count). The van der Waals surface area contributed by atoms with E-state index in [1.54, 1.807) is 18.6 Å². The predicted octanol–water partition coefficient (Wildman–Crippen LogP) is 12.8. The molecule has 252 valence electrons. The topological polar surface area (TPSA) is 51.6 Å². The van der Waals surface area contributed by atoms with Crippen molar-refractivity contribution in [2.45, 2.75) is 0 Å². The quantitative estimate of drug-likeness (QED) is 0.185. The highest BCUT2D eigenvalue weighted by atomic mass is 14.9. The first-order chi connectivity index (χ1) is 26.8. The minimum absolute atomic E-state index is 0.661. The van der Waals surface area contributed by atoms with Gasteiger partial charge >= 0.3 is 0 Å². The SMILES string of the molecule is c1cncc(-c2ccc(-c3nc(-c4ccncc4)cc(-c4ccc5c6ccccc6c6ccccc6c6ccccc6c6ccccc6c5c4)n3)cc2)c1. The van der Waals surface area contributed by atoms with Crippen LogP contribution in [0.4, 0.5) is 0 Å². The van der Waals surface area contributed by atoms with Gasteiger partial charge in [0.05, 0.1) is 11.4 Å². The zero-order valence-electron chi connectivity index (χ0n) is 29.3. The first-order valence-corrected chi connectivity index (χ1v) is 18.1. The van der Waals surface area contributed by atoms with E-state index < -0.39 is 0 Å². The van der Waals surface area contributed by atoms with E-state index in [1.165, 1.54) is 48.5 Å². The molecule has 0 saturated carbocycles. The third-order valence-electron chi connectivity index (χ3n) is 10.3. The highest BCUT2D eigenvalue weighted by molar-refractivity contribution is 6.26. The van der Waals surface area contributed by atoms with Gasteiger partial charge in [-0.3, -0.25) is 9.97 Å². The van der Waals surface area contributed by atoms with Gasteiger partial charge in [-0.1, -0.05) is 140 Å². The van der Waals surface area contributed by atoms with Crippen LogP contribution in [0.5, 0.6) is 0 Å². The Labute approximate surface area is 312 Å². The fraction of sp³-hybridized carbons (Fsp3) is 0. The number of aromatic nitrogens is 4. The Morgan fingerprint density at radius 3 is 1.20 bits per heavy atom. The molecular formula is C50H32N4. The van der Waals surface area contributed by atoms with Crippen molar-refractivity contribution in [3.05, 3.63) is 195 Å². The highest BCUT2D eigenvalue weighted by Crippen LogP contribution is 2.38. The number of nitrogens with zero attached hydrogens (tertiary/aromatic N) is 4. The van der Waals surface area contributed by atoms with E-state index in [0.29, 0.717) is 5.82 Å². The molecule has 3 aromatic heterocycles. The van der Waals surface area contributed by atoms with Crippen molar-refractivity contribution in [2.24, 2.45) is 0 Å². The molecule has 0 aliphatic rings. The summed E-state index contributed by atoms with van der Waals surface area (Å²) in [5.41, 5.74) is 6.77. The molecule has 0 aliphatic heterocycles. The standard InChI is InChI=1S/C50H32N4/c1-2-13-40-38(11-1)39-12-3-4-14-41(39)43-16-7-8-18-45(43)47-30-36(23-24-46(47)44-17-6-5-15-42(40)44)49-31-48(34-25-28-51-29-26-34)53-50(54-49)35-21-19-33(20-22-35)37-10-9-27-52-32-37/h1-32H. The summed E-state index contributed by atoms with van der Waals surface area (Å²) < 4.78 is 0. The number of benzene rings is 6. The van der Waals surface area contributed by atoms with Crippen LogP contribution in [0.15, 0.2) is 195 Å². The summed E-state index contributed by atoms with van der Waals surface area (Å²) in [6.07, 6.45) is 7.28. The van der Waals surface area contributed by atoms with Crippen LogP contribution < -0.4 is 0 Å². The maximum atomic E-state index is 5.25. The Morgan fingerprint density at radius 1 is 0.259 bits per heavy atom. The van der Waals surface area contributed by atoms with Gasteiger partial charge in [0.15, 0.2) is 5.82 Å². The summed E-state index contributed by atoms with van der Waals surface area (Å²) in [5, 5.41) is 11.9. The van der Waals surface area contributed by atoms with Crippen molar-refractivity contribution in [1.29, 1.82) is 0 Å². The summed E-state index contributed by atoms with van der Waals surface area (Å²) in [5.74, 6) is 0.661. The van der Waals surface area contributed by atoms with Crippen molar-refractivity contribution in [3.8, 4) is 45.0 Å². The summed E-state index contributed by atoms with van der Waals surface area (Å²) in [7, 11) is 0. The minimum Gasteiger partial charge on any atom is -0.265 e. The molecule has 4 heteroatoms. The molecule has 0 N–H and O–H groups in total. The van der Waals surface area contributed by atoms with Crippen molar-refractivity contribution >= 4 is 53.9 Å². The molecule has 7 aromatic carbocycles. The Balaban J connectivity index is 1.28. The van der Waals surface area contributed by atoms with Crippen LogP contribution in [-0.2, 0) is 0 Å². The maximum Gasteiger partial charge on any atom is 0.160 e. The normalized spacial score (nSPS) is 11.3. The lowest BCUT2D eigenvalue weighted by atomic mass is 9.93. The number of fused-ring (bicyclic) bond motifs is 10. The maximum absolute atomic E-state index is 5.25. The molecular weight excluding hydrogens is 657 g/mol. The lowest BCUT2D eigenvalue weighted by molar-refractivity contribution is 1.18. The summed E-state index contributed by atoms with van der Waals surface area (Å²) in [4.78, 5) is 18.9. The molecule has 54 heavy (non-hydrogen) atoms. The Hall–Kier alpha value is -7.30. The smallest absolute Gasteiger partial charge is 0.160 e. The fourth-order valence-electron chi connectivity index (χ4n) is 7.71. The lowest BCUT2D eigenvalue weighted by Crippen LogP contribution is -1.96. The van der Waals surface area contributed by atoms with Crippen molar-refractivity contribution in [1.82, 2.24) is 19.9 Å². The van der Waals surface area contributed by atoms with E-state index in [-0.39, 0.29) is 0 Å². The zero-order valence-corrected chi connectivity index (χ0v) is 29.3. The van der Waals surface area contributed by atoms with E-state index in [9.17, 15) is 0 Å². The van der Waals surface area contributed by atoms with E-state index in [0.717, 1.165) is 44.6 Å². The third kappa shape index (κ3) is 5.58. The largest absolute Gasteiger partial charge is 0.265 e. The molecule has 0 atom stereocenters. The first kappa shape index (κ1) is 31.4. The van der Waals surface area contributed by atoms with Crippen molar-refractivity contribution in [3.63, 3.8) is 0 Å². The van der Waals surface area contributed by atoms with Crippen LogP contribution in [0.3, 0.4) is 0 Å². The highest BCUT2D eigenvalue weighted by Gasteiger charge is 2.14. The molecule has 0 spiro atoms. The van der Waals surface area contributed by atoms with Gasteiger partial charge in [-0.2, -0.15) is 0 Å². The van der Waals surface area contributed by atoms with Gasteiger partial charge in [0.25, 0.3) is 0 Å². The van der Waals surface area contributed by atoms with Crippen LogP contribution in [0.25, 0.3) is 98.9 Å². The van der Waals surface area contributed by atoms with Crippen LogP contribution in [0, 0.1) is 0 Å². The van der Waals surface area contributed by atoms with Crippen LogP contribution in [-0.4, -0.2) is 19.9 Å². The second-order valence-electron chi connectivity index (χ2n) is 13.5. The molecule has 0 fully saturated rings. The van der Waals surface area contributed by atoms with Gasteiger partial charge in [0, 0.05) is 41.5 Å². The van der Waals surface area contributed by atoms with E-state index in [4.69, 9.17) is 9.97 Å². The van der Waals surface area contributed by atoms with Crippen LogP contribution >= 0.6 is 0 Å².